The van der Waals surface area contributed by atoms with Crippen LogP contribution in [-0.2, 0) is 0 Å². The Balaban J connectivity index is 1.73. The number of thiocarbonyl (C=S) groups is 1. The Bertz CT molecular complexity index is 978. The number of nitrogens with one attached hydrogen (secondary N) is 1. The van der Waals surface area contributed by atoms with Gasteiger partial charge >= 0.3 is 0 Å². The molecule has 4 nitrogen and oxygen atoms in total. The molecular formula is C20H17BrFN3OS. The Morgan fingerprint density at radius 2 is 2.11 bits per heavy atom. The summed E-state index contributed by atoms with van der Waals surface area (Å²) in [6, 6.07) is 14.1. The molecule has 1 aromatic carbocycles. The van der Waals surface area contributed by atoms with Gasteiger partial charge in [-0.2, -0.15) is 0 Å². The Morgan fingerprint density at radius 3 is 2.81 bits per heavy atom. The fourth-order valence-electron chi connectivity index (χ4n) is 3.40. The second-order valence-corrected chi connectivity index (χ2v) is 7.54. The van der Waals surface area contributed by atoms with E-state index in [0.717, 1.165) is 18.0 Å². The minimum absolute atomic E-state index is 0.132. The Labute approximate surface area is 170 Å². The molecule has 1 N–H and O–H groups in total. The molecule has 0 radical (unpaired) electrons. The third-order valence-electron chi connectivity index (χ3n) is 4.65. The summed E-state index contributed by atoms with van der Waals surface area (Å²) in [6.45, 7) is 2.77. The zero-order chi connectivity index (χ0) is 19.0. The molecule has 0 saturated carbocycles. The lowest BCUT2D eigenvalue weighted by molar-refractivity contribution is 0.284. The van der Waals surface area contributed by atoms with E-state index in [9.17, 15) is 4.39 Å². The summed E-state index contributed by atoms with van der Waals surface area (Å²) >= 11 is 8.79. The second kappa shape index (κ2) is 7.40. The highest BCUT2D eigenvalue weighted by Crippen LogP contribution is 2.40. The van der Waals surface area contributed by atoms with Crippen molar-refractivity contribution in [1.82, 2.24) is 15.2 Å². The van der Waals surface area contributed by atoms with E-state index in [4.69, 9.17) is 16.6 Å². The summed E-state index contributed by atoms with van der Waals surface area (Å²) in [5.41, 5.74) is 1.31. The fourth-order valence-corrected chi connectivity index (χ4v) is 4.10. The van der Waals surface area contributed by atoms with Crippen LogP contribution in [0.3, 0.4) is 0 Å². The predicted octanol–water partition coefficient (Wildman–Crippen LogP) is 5.24. The van der Waals surface area contributed by atoms with Gasteiger partial charge < -0.3 is 14.6 Å². The van der Waals surface area contributed by atoms with Crippen LogP contribution in [0.1, 0.15) is 30.5 Å². The van der Waals surface area contributed by atoms with Gasteiger partial charge in [-0.25, -0.2) is 4.39 Å². The predicted molar refractivity (Wildman–Crippen MR) is 110 cm³/mol. The van der Waals surface area contributed by atoms with Gasteiger partial charge in [0.15, 0.2) is 5.11 Å². The molecule has 138 valence electrons. The van der Waals surface area contributed by atoms with Crippen molar-refractivity contribution in [1.29, 1.82) is 0 Å². The number of hydrogen-bond acceptors (Lipinski definition) is 3. The molecule has 2 aromatic heterocycles. The number of nitrogens with zero attached hydrogens (tertiary/aromatic N) is 2. The molecule has 3 heterocycles. The molecule has 0 unspecified atom stereocenters. The molecule has 4 rings (SSSR count). The Morgan fingerprint density at radius 1 is 1.26 bits per heavy atom. The van der Waals surface area contributed by atoms with Gasteiger partial charge in [-0.15, -0.1) is 0 Å². The number of furan rings is 1. The Hall–Kier alpha value is -2.25. The molecule has 1 saturated heterocycles. The number of benzene rings is 1. The van der Waals surface area contributed by atoms with Crippen LogP contribution in [0.2, 0.25) is 0 Å². The molecule has 3 aromatic rings. The zero-order valence-corrected chi connectivity index (χ0v) is 16.9. The molecular weight excluding hydrogens is 429 g/mol. The highest BCUT2D eigenvalue weighted by atomic mass is 79.9. The molecule has 1 fully saturated rings. The van der Waals surface area contributed by atoms with Gasteiger partial charge in [0, 0.05) is 17.2 Å². The van der Waals surface area contributed by atoms with E-state index in [-0.39, 0.29) is 17.9 Å². The third-order valence-corrected chi connectivity index (χ3v) is 5.50. The lowest BCUT2D eigenvalue weighted by Crippen LogP contribution is -2.29. The average molecular weight is 446 g/mol. The molecule has 0 spiro atoms. The van der Waals surface area contributed by atoms with E-state index in [1.165, 1.54) is 6.07 Å². The number of halogens is 2. The van der Waals surface area contributed by atoms with E-state index in [2.05, 4.69) is 31.1 Å². The van der Waals surface area contributed by atoms with Gasteiger partial charge in [-0.3, -0.25) is 4.98 Å². The molecule has 0 amide bonds. The molecule has 0 bridgehead atoms. The largest absolute Gasteiger partial charge is 0.459 e. The lowest BCUT2D eigenvalue weighted by atomic mass is 10.0. The zero-order valence-electron chi connectivity index (χ0n) is 14.5. The van der Waals surface area contributed by atoms with Crippen LogP contribution in [0, 0.1) is 5.82 Å². The number of pyridine rings is 1. The monoisotopic (exact) mass is 445 g/mol. The van der Waals surface area contributed by atoms with Crippen molar-refractivity contribution in [3.63, 3.8) is 0 Å². The number of aromatic nitrogens is 1. The maximum Gasteiger partial charge on any atom is 0.170 e. The number of hydrogen-bond donors (Lipinski definition) is 1. The highest BCUT2D eigenvalue weighted by Gasteiger charge is 2.40. The van der Waals surface area contributed by atoms with Gasteiger partial charge in [0.05, 0.1) is 17.3 Å². The van der Waals surface area contributed by atoms with E-state index < -0.39 is 0 Å². The van der Waals surface area contributed by atoms with Crippen LogP contribution in [0.4, 0.5) is 4.39 Å². The third kappa shape index (κ3) is 3.37. The first-order valence-corrected chi connectivity index (χ1v) is 9.82. The van der Waals surface area contributed by atoms with Crippen LogP contribution in [0.15, 0.2) is 63.6 Å². The summed E-state index contributed by atoms with van der Waals surface area (Å²) in [5, 5.41) is 4.00. The van der Waals surface area contributed by atoms with Crippen molar-refractivity contribution < 1.29 is 8.81 Å². The molecule has 27 heavy (non-hydrogen) atoms. The van der Waals surface area contributed by atoms with Crippen molar-refractivity contribution in [3.8, 4) is 11.3 Å². The average Bonchev–Trinajstić information content (AvgIpc) is 3.26. The van der Waals surface area contributed by atoms with Gasteiger partial charge in [0.1, 0.15) is 23.4 Å². The summed E-state index contributed by atoms with van der Waals surface area (Å²) in [4.78, 5) is 6.54. The molecule has 1 aliphatic heterocycles. The number of likely N-dealkylation sites (N-methyl/N-ethyl adjacent to an activating group) is 1. The highest BCUT2D eigenvalue weighted by molar-refractivity contribution is 9.10. The van der Waals surface area contributed by atoms with Gasteiger partial charge in [-0.1, -0.05) is 22.0 Å². The number of rotatable bonds is 4. The van der Waals surface area contributed by atoms with Gasteiger partial charge in [-0.05, 0) is 61.6 Å². The maximum absolute atomic E-state index is 14.3. The van der Waals surface area contributed by atoms with E-state index in [0.29, 0.717) is 20.9 Å². The van der Waals surface area contributed by atoms with Crippen LogP contribution in [-0.4, -0.2) is 21.5 Å². The minimum Gasteiger partial charge on any atom is -0.459 e. The van der Waals surface area contributed by atoms with E-state index in [1.54, 1.807) is 24.4 Å². The van der Waals surface area contributed by atoms with Crippen LogP contribution >= 0.6 is 28.1 Å². The smallest absolute Gasteiger partial charge is 0.170 e. The minimum atomic E-state index is -0.334. The normalized spacial score (nSPS) is 19.4. The van der Waals surface area contributed by atoms with Crippen molar-refractivity contribution >= 4 is 33.3 Å². The maximum atomic E-state index is 14.3. The molecule has 2 atom stereocenters. The van der Waals surface area contributed by atoms with Gasteiger partial charge in [0.2, 0.25) is 0 Å². The Kier molecular flexibility index (Phi) is 4.97. The summed E-state index contributed by atoms with van der Waals surface area (Å²) in [5.74, 6) is 0.875. The fraction of sp³-hybridized carbons (Fsp3) is 0.200. The summed E-state index contributed by atoms with van der Waals surface area (Å²) in [7, 11) is 0. The molecule has 7 heteroatoms. The lowest BCUT2D eigenvalue weighted by Gasteiger charge is -2.24. The van der Waals surface area contributed by atoms with E-state index >= 15 is 0 Å². The molecule has 0 aliphatic carbocycles. The van der Waals surface area contributed by atoms with Gasteiger partial charge in [0.25, 0.3) is 0 Å². The second-order valence-electron chi connectivity index (χ2n) is 6.24. The van der Waals surface area contributed by atoms with E-state index in [1.807, 2.05) is 31.2 Å². The van der Waals surface area contributed by atoms with Crippen molar-refractivity contribution in [2.24, 2.45) is 0 Å². The first-order chi connectivity index (χ1) is 13.1. The van der Waals surface area contributed by atoms with Crippen LogP contribution in [0.5, 0.6) is 0 Å². The first kappa shape index (κ1) is 18.1. The van der Waals surface area contributed by atoms with Crippen LogP contribution < -0.4 is 5.32 Å². The SMILES string of the molecule is CCN1C(=S)N[C@@H](c2ccccn2)[C@@H]1c1ccc(-c2ccc(Br)cc2F)o1. The summed E-state index contributed by atoms with van der Waals surface area (Å²) < 4.78 is 21.1. The van der Waals surface area contributed by atoms with Crippen molar-refractivity contribution in [3.05, 3.63) is 76.5 Å². The quantitative estimate of drug-likeness (QED) is 0.556. The molecule has 1 aliphatic rings. The van der Waals surface area contributed by atoms with Crippen molar-refractivity contribution in [2.75, 3.05) is 6.54 Å². The topological polar surface area (TPSA) is 41.3 Å². The van der Waals surface area contributed by atoms with Crippen LogP contribution in [0.25, 0.3) is 11.3 Å². The van der Waals surface area contributed by atoms with Crippen molar-refractivity contribution in [2.45, 2.75) is 19.0 Å². The first-order valence-electron chi connectivity index (χ1n) is 8.61. The standard InChI is InChI=1S/C20H17BrFN3OS/c1-2-25-19(18(24-20(25)27)15-5-3-4-10-23-15)17-9-8-16(26-17)13-7-6-12(21)11-14(13)22/h3-11,18-19H,2H2,1H3,(H,24,27)/t18-,19-/m0/s1. The summed E-state index contributed by atoms with van der Waals surface area (Å²) in [6.07, 6.45) is 1.76.